The van der Waals surface area contributed by atoms with Gasteiger partial charge in [0, 0.05) is 5.54 Å². The fraction of sp³-hybridized carbons (Fsp3) is 0.625. The first-order chi connectivity index (χ1) is 8.72. The number of hydrogen-bond donors (Lipinski definition) is 1. The zero-order valence-electron chi connectivity index (χ0n) is 11.5. The van der Waals surface area contributed by atoms with Gasteiger partial charge in [0.25, 0.3) is 0 Å². The molecule has 0 atom stereocenters. The molecule has 1 aliphatic rings. The molecule has 0 saturated heterocycles. The molecule has 0 aromatic heterocycles. The van der Waals surface area contributed by atoms with E-state index in [0.29, 0.717) is 0 Å². The van der Waals surface area contributed by atoms with E-state index in [1.165, 1.54) is 37.7 Å². The first kappa shape index (κ1) is 13.4. The molecule has 2 N–H and O–H groups in total. The minimum Gasteiger partial charge on any atom is -0.497 e. The molecule has 100 valence electrons. The monoisotopic (exact) mass is 247 g/mol. The van der Waals surface area contributed by atoms with Crippen LogP contribution in [0, 0.1) is 0 Å². The second-order valence-electron chi connectivity index (χ2n) is 5.66. The van der Waals surface area contributed by atoms with Gasteiger partial charge < -0.3 is 10.5 Å². The second-order valence-corrected chi connectivity index (χ2v) is 5.66. The largest absolute Gasteiger partial charge is 0.497 e. The van der Waals surface area contributed by atoms with Crippen molar-refractivity contribution in [2.75, 3.05) is 7.11 Å². The molecule has 1 fully saturated rings. The lowest BCUT2D eigenvalue weighted by Crippen LogP contribution is -2.42. The highest BCUT2D eigenvalue weighted by molar-refractivity contribution is 5.29. The van der Waals surface area contributed by atoms with Gasteiger partial charge in [-0.1, -0.05) is 44.2 Å². The van der Waals surface area contributed by atoms with Gasteiger partial charge in [0.15, 0.2) is 0 Å². The highest BCUT2D eigenvalue weighted by Gasteiger charge is 2.25. The smallest absolute Gasteiger partial charge is 0.119 e. The molecule has 0 bridgehead atoms. The van der Waals surface area contributed by atoms with Crippen LogP contribution in [-0.2, 0) is 6.42 Å². The summed E-state index contributed by atoms with van der Waals surface area (Å²) in [5, 5.41) is 0. The molecule has 1 saturated carbocycles. The number of rotatable bonds is 3. The Morgan fingerprint density at radius 3 is 2.44 bits per heavy atom. The summed E-state index contributed by atoms with van der Waals surface area (Å²) in [6.07, 6.45) is 9.92. The summed E-state index contributed by atoms with van der Waals surface area (Å²) >= 11 is 0. The minimum atomic E-state index is -0.00716. The standard InChI is InChI=1S/C16H25NO/c1-18-15-9-7-8-14(12-15)13-16(17)10-5-3-2-4-6-11-16/h7-9,12H,2-6,10-11,13,17H2,1H3. The SMILES string of the molecule is COc1cccc(CC2(N)CCCCCCC2)c1. The maximum atomic E-state index is 6.61. The average molecular weight is 247 g/mol. The molecule has 2 nitrogen and oxygen atoms in total. The van der Waals surface area contributed by atoms with Crippen molar-refractivity contribution < 1.29 is 4.74 Å². The molecule has 18 heavy (non-hydrogen) atoms. The van der Waals surface area contributed by atoms with Crippen molar-refractivity contribution in [1.29, 1.82) is 0 Å². The molecular weight excluding hydrogens is 222 g/mol. The highest BCUT2D eigenvalue weighted by atomic mass is 16.5. The Hall–Kier alpha value is -1.02. The van der Waals surface area contributed by atoms with Crippen molar-refractivity contribution >= 4 is 0 Å². The lowest BCUT2D eigenvalue weighted by atomic mass is 9.80. The van der Waals surface area contributed by atoms with Gasteiger partial charge in [-0.15, -0.1) is 0 Å². The Morgan fingerprint density at radius 2 is 1.78 bits per heavy atom. The Balaban J connectivity index is 2.04. The van der Waals surface area contributed by atoms with Gasteiger partial charge in [0.1, 0.15) is 5.75 Å². The first-order valence-electron chi connectivity index (χ1n) is 7.14. The summed E-state index contributed by atoms with van der Waals surface area (Å²) in [7, 11) is 1.72. The maximum Gasteiger partial charge on any atom is 0.119 e. The molecule has 0 amide bonds. The lowest BCUT2D eigenvalue weighted by molar-refractivity contribution is 0.314. The third-order valence-corrected chi connectivity index (χ3v) is 4.04. The molecule has 2 rings (SSSR count). The van der Waals surface area contributed by atoms with Crippen molar-refractivity contribution in [1.82, 2.24) is 0 Å². The van der Waals surface area contributed by atoms with Crippen LogP contribution in [-0.4, -0.2) is 12.6 Å². The van der Waals surface area contributed by atoms with E-state index in [0.717, 1.165) is 25.0 Å². The van der Waals surface area contributed by atoms with Crippen molar-refractivity contribution in [2.45, 2.75) is 56.9 Å². The van der Waals surface area contributed by atoms with E-state index in [-0.39, 0.29) is 5.54 Å². The second kappa shape index (κ2) is 6.24. The summed E-state index contributed by atoms with van der Waals surface area (Å²) in [6, 6.07) is 8.33. The summed E-state index contributed by atoms with van der Waals surface area (Å²) in [5.41, 5.74) is 7.91. The van der Waals surface area contributed by atoms with Crippen molar-refractivity contribution in [3.05, 3.63) is 29.8 Å². The molecule has 2 heteroatoms. The molecule has 0 spiro atoms. The topological polar surface area (TPSA) is 35.2 Å². The van der Waals surface area contributed by atoms with E-state index >= 15 is 0 Å². The van der Waals surface area contributed by atoms with Gasteiger partial charge in [0.2, 0.25) is 0 Å². The minimum absolute atomic E-state index is 0.00716. The van der Waals surface area contributed by atoms with E-state index in [4.69, 9.17) is 10.5 Å². The number of methoxy groups -OCH3 is 1. The van der Waals surface area contributed by atoms with Crippen LogP contribution >= 0.6 is 0 Å². The van der Waals surface area contributed by atoms with E-state index in [9.17, 15) is 0 Å². The third-order valence-electron chi connectivity index (χ3n) is 4.04. The van der Waals surface area contributed by atoms with Crippen LogP contribution in [0.5, 0.6) is 5.75 Å². The van der Waals surface area contributed by atoms with Gasteiger partial charge in [0.05, 0.1) is 7.11 Å². The molecule has 1 aliphatic carbocycles. The Kier molecular flexibility index (Phi) is 4.65. The Bertz CT molecular complexity index is 367. The van der Waals surface area contributed by atoms with Crippen molar-refractivity contribution in [3.63, 3.8) is 0 Å². The van der Waals surface area contributed by atoms with Crippen LogP contribution in [0.3, 0.4) is 0 Å². The highest BCUT2D eigenvalue weighted by Crippen LogP contribution is 2.28. The van der Waals surface area contributed by atoms with Gasteiger partial charge in [-0.2, -0.15) is 0 Å². The summed E-state index contributed by atoms with van der Waals surface area (Å²) in [4.78, 5) is 0. The molecule has 0 aliphatic heterocycles. The predicted octanol–water partition coefficient (Wildman–Crippen LogP) is 3.68. The number of benzene rings is 1. The van der Waals surface area contributed by atoms with Gasteiger partial charge in [-0.05, 0) is 37.0 Å². The quantitative estimate of drug-likeness (QED) is 0.884. The first-order valence-corrected chi connectivity index (χ1v) is 7.14. The molecule has 0 unspecified atom stereocenters. The van der Waals surface area contributed by atoms with E-state index < -0.39 is 0 Å². The van der Waals surface area contributed by atoms with Crippen LogP contribution in [0.15, 0.2) is 24.3 Å². The Morgan fingerprint density at radius 1 is 1.11 bits per heavy atom. The number of hydrogen-bond acceptors (Lipinski definition) is 2. The fourth-order valence-corrected chi connectivity index (χ4v) is 2.98. The molecule has 1 aromatic carbocycles. The third kappa shape index (κ3) is 3.74. The maximum absolute atomic E-state index is 6.61. The summed E-state index contributed by atoms with van der Waals surface area (Å²) in [6.45, 7) is 0. The van der Waals surface area contributed by atoms with Crippen molar-refractivity contribution in [2.24, 2.45) is 5.73 Å². The number of nitrogens with two attached hydrogens (primary N) is 1. The summed E-state index contributed by atoms with van der Waals surface area (Å²) in [5.74, 6) is 0.932. The number of ether oxygens (including phenoxy) is 1. The van der Waals surface area contributed by atoms with E-state index in [1.807, 2.05) is 6.07 Å². The van der Waals surface area contributed by atoms with Crippen LogP contribution < -0.4 is 10.5 Å². The normalized spacial score (nSPS) is 19.9. The van der Waals surface area contributed by atoms with Gasteiger partial charge in [-0.3, -0.25) is 0 Å². The van der Waals surface area contributed by atoms with Crippen LogP contribution in [0.1, 0.15) is 50.5 Å². The van der Waals surface area contributed by atoms with Crippen LogP contribution in [0.25, 0.3) is 0 Å². The van der Waals surface area contributed by atoms with Crippen molar-refractivity contribution in [3.8, 4) is 5.75 Å². The fourth-order valence-electron chi connectivity index (χ4n) is 2.98. The summed E-state index contributed by atoms with van der Waals surface area (Å²) < 4.78 is 5.28. The molecule has 0 radical (unpaired) electrons. The molecule has 0 heterocycles. The lowest BCUT2D eigenvalue weighted by Gasteiger charge is -2.31. The van der Waals surface area contributed by atoms with Crippen LogP contribution in [0.4, 0.5) is 0 Å². The molecular formula is C16H25NO. The van der Waals surface area contributed by atoms with Crippen LogP contribution in [0.2, 0.25) is 0 Å². The van der Waals surface area contributed by atoms with Gasteiger partial charge >= 0.3 is 0 Å². The van der Waals surface area contributed by atoms with E-state index in [1.54, 1.807) is 7.11 Å². The zero-order valence-corrected chi connectivity index (χ0v) is 11.5. The van der Waals surface area contributed by atoms with E-state index in [2.05, 4.69) is 18.2 Å². The Labute approximate surface area is 111 Å². The van der Waals surface area contributed by atoms with Gasteiger partial charge in [-0.25, -0.2) is 0 Å². The molecule has 1 aromatic rings. The average Bonchev–Trinajstić information content (AvgIpc) is 2.35. The predicted molar refractivity (Wildman–Crippen MR) is 75.9 cm³/mol. The zero-order chi connectivity index (χ0) is 12.8.